The van der Waals surface area contributed by atoms with Crippen molar-refractivity contribution >= 4 is 5.91 Å². The van der Waals surface area contributed by atoms with Crippen LogP contribution in [0.4, 0.5) is 13.2 Å². The van der Waals surface area contributed by atoms with Crippen molar-refractivity contribution in [1.82, 2.24) is 5.32 Å². The third-order valence-electron chi connectivity index (χ3n) is 2.16. The summed E-state index contributed by atoms with van der Waals surface area (Å²) in [5, 5.41) is 11.7. The molecule has 18 heavy (non-hydrogen) atoms. The van der Waals surface area contributed by atoms with Gasteiger partial charge in [-0.1, -0.05) is 12.1 Å². The lowest BCUT2D eigenvalue weighted by molar-refractivity contribution is -0.137. The maximum absolute atomic E-state index is 12.7. The molecule has 0 saturated heterocycles. The number of carbonyl (C=O) groups is 1. The Morgan fingerprint density at radius 1 is 1.28 bits per heavy atom. The van der Waals surface area contributed by atoms with Crippen LogP contribution in [-0.2, 0) is 6.18 Å². The minimum atomic E-state index is -4.58. The van der Waals surface area contributed by atoms with Gasteiger partial charge in [0, 0.05) is 6.54 Å². The Bertz CT molecular complexity index is 436. The van der Waals surface area contributed by atoms with Crippen LogP contribution >= 0.6 is 0 Å². The summed E-state index contributed by atoms with van der Waals surface area (Å²) in [5.41, 5.74) is -2.62. The summed E-state index contributed by atoms with van der Waals surface area (Å²) in [5.74, 6) is -0.856. The number of halogens is 3. The van der Waals surface area contributed by atoms with Gasteiger partial charge >= 0.3 is 6.18 Å². The monoisotopic (exact) mass is 261 g/mol. The molecule has 0 saturated carbocycles. The van der Waals surface area contributed by atoms with E-state index in [1.165, 1.54) is 26.0 Å². The number of carbonyl (C=O) groups excluding carboxylic acids is 1. The van der Waals surface area contributed by atoms with Crippen molar-refractivity contribution < 1.29 is 23.1 Å². The average molecular weight is 261 g/mol. The molecule has 0 heterocycles. The van der Waals surface area contributed by atoms with Gasteiger partial charge in [0.25, 0.3) is 5.91 Å². The van der Waals surface area contributed by atoms with E-state index in [-0.39, 0.29) is 6.54 Å². The predicted octanol–water partition coefficient (Wildman–Crippen LogP) is 2.21. The van der Waals surface area contributed by atoms with Crippen LogP contribution in [0.5, 0.6) is 0 Å². The second-order valence-electron chi connectivity index (χ2n) is 4.54. The zero-order valence-electron chi connectivity index (χ0n) is 10.0. The quantitative estimate of drug-likeness (QED) is 0.876. The largest absolute Gasteiger partial charge is 0.417 e. The van der Waals surface area contributed by atoms with Crippen LogP contribution in [0.25, 0.3) is 0 Å². The van der Waals surface area contributed by atoms with Gasteiger partial charge < -0.3 is 10.4 Å². The van der Waals surface area contributed by atoms with Gasteiger partial charge in [0.1, 0.15) is 0 Å². The highest BCUT2D eigenvalue weighted by Gasteiger charge is 2.34. The molecule has 0 fully saturated rings. The van der Waals surface area contributed by atoms with Crippen LogP contribution < -0.4 is 5.32 Å². The molecule has 100 valence electrons. The average Bonchev–Trinajstić information content (AvgIpc) is 2.24. The topological polar surface area (TPSA) is 49.3 Å². The normalized spacial score (nSPS) is 12.3. The van der Waals surface area contributed by atoms with Crippen molar-refractivity contribution in [3.05, 3.63) is 35.4 Å². The Balaban J connectivity index is 2.93. The second kappa shape index (κ2) is 4.97. The maximum atomic E-state index is 12.7. The Labute approximate surface area is 103 Å². The van der Waals surface area contributed by atoms with Crippen LogP contribution in [0, 0.1) is 0 Å². The molecule has 1 aromatic rings. The Hall–Kier alpha value is -1.56. The first-order valence-corrected chi connectivity index (χ1v) is 5.28. The highest BCUT2D eigenvalue weighted by molar-refractivity contribution is 5.95. The molecular formula is C12H14F3NO2. The zero-order valence-corrected chi connectivity index (χ0v) is 10.0. The number of rotatable bonds is 3. The van der Waals surface area contributed by atoms with Crippen molar-refractivity contribution in [1.29, 1.82) is 0 Å². The number of benzene rings is 1. The van der Waals surface area contributed by atoms with Crippen molar-refractivity contribution in [3.8, 4) is 0 Å². The number of aliphatic hydroxyl groups is 1. The van der Waals surface area contributed by atoms with E-state index >= 15 is 0 Å². The van der Waals surface area contributed by atoms with E-state index in [1.54, 1.807) is 0 Å². The van der Waals surface area contributed by atoms with E-state index in [9.17, 15) is 23.1 Å². The third kappa shape index (κ3) is 4.03. The molecule has 1 rings (SSSR count). The van der Waals surface area contributed by atoms with Crippen LogP contribution in [0.2, 0.25) is 0 Å². The van der Waals surface area contributed by atoms with Crippen LogP contribution in [-0.4, -0.2) is 23.2 Å². The van der Waals surface area contributed by atoms with E-state index in [0.29, 0.717) is 0 Å². The van der Waals surface area contributed by atoms with Gasteiger partial charge in [-0.2, -0.15) is 13.2 Å². The Morgan fingerprint density at radius 3 is 2.33 bits per heavy atom. The fourth-order valence-corrected chi connectivity index (χ4v) is 1.32. The van der Waals surface area contributed by atoms with E-state index in [4.69, 9.17) is 0 Å². The Kier molecular flexibility index (Phi) is 4.01. The molecule has 0 aliphatic carbocycles. The molecule has 0 aliphatic heterocycles. The van der Waals surface area contributed by atoms with Gasteiger partial charge in [-0.05, 0) is 26.0 Å². The minimum absolute atomic E-state index is 0.127. The van der Waals surface area contributed by atoms with E-state index in [0.717, 1.165) is 12.1 Å². The molecular weight excluding hydrogens is 247 g/mol. The van der Waals surface area contributed by atoms with Gasteiger partial charge in [0.2, 0.25) is 0 Å². The first-order valence-electron chi connectivity index (χ1n) is 5.28. The lowest BCUT2D eigenvalue weighted by Crippen LogP contribution is -2.38. The molecule has 1 amide bonds. The number of alkyl halides is 3. The number of hydrogen-bond donors (Lipinski definition) is 2. The lowest BCUT2D eigenvalue weighted by Gasteiger charge is -2.18. The molecule has 0 radical (unpaired) electrons. The second-order valence-corrected chi connectivity index (χ2v) is 4.54. The maximum Gasteiger partial charge on any atom is 0.417 e. The first kappa shape index (κ1) is 14.5. The molecule has 2 N–H and O–H groups in total. The zero-order chi connectivity index (χ0) is 14.0. The van der Waals surface area contributed by atoms with E-state index < -0.39 is 28.8 Å². The van der Waals surface area contributed by atoms with Crippen molar-refractivity contribution in [2.75, 3.05) is 6.54 Å². The lowest BCUT2D eigenvalue weighted by atomic mass is 10.1. The summed E-state index contributed by atoms with van der Waals surface area (Å²) in [4.78, 5) is 11.6. The molecule has 0 atom stereocenters. The molecule has 3 nitrogen and oxygen atoms in total. The summed E-state index contributed by atoms with van der Waals surface area (Å²) in [6, 6.07) is 4.52. The fourth-order valence-electron chi connectivity index (χ4n) is 1.32. The van der Waals surface area contributed by atoms with Gasteiger partial charge in [-0.15, -0.1) is 0 Å². The molecule has 0 unspecified atom stereocenters. The van der Waals surface area contributed by atoms with Crippen molar-refractivity contribution in [2.24, 2.45) is 0 Å². The van der Waals surface area contributed by atoms with E-state index in [2.05, 4.69) is 5.32 Å². The van der Waals surface area contributed by atoms with E-state index in [1.807, 2.05) is 0 Å². The van der Waals surface area contributed by atoms with Gasteiger partial charge in [0.05, 0.1) is 16.7 Å². The van der Waals surface area contributed by atoms with Crippen LogP contribution in [0.1, 0.15) is 29.8 Å². The highest BCUT2D eigenvalue weighted by atomic mass is 19.4. The van der Waals surface area contributed by atoms with Gasteiger partial charge in [0.15, 0.2) is 0 Å². The summed E-state index contributed by atoms with van der Waals surface area (Å²) < 4.78 is 38.0. The summed E-state index contributed by atoms with van der Waals surface area (Å²) >= 11 is 0. The third-order valence-corrected chi connectivity index (χ3v) is 2.16. The summed E-state index contributed by atoms with van der Waals surface area (Å²) in [7, 11) is 0. The predicted molar refractivity (Wildman–Crippen MR) is 60.1 cm³/mol. The Morgan fingerprint density at radius 2 is 1.83 bits per heavy atom. The SMILES string of the molecule is CC(C)(O)CNC(=O)c1ccccc1C(F)(F)F. The minimum Gasteiger partial charge on any atom is -0.389 e. The summed E-state index contributed by atoms with van der Waals surface area (Å²) in [6.45, 7) is 2.77. The smallest absolute Gasteiger partial charge is 0.389 e. The number of amides is 1. The standard InChI is InChI=1S/C12H14F3NO2/c1-11(2,18)7-16-10(17)8-5-3-4-6-9(8)12(13,14)15/h3-6,18H,7H2,1-2H3,(H,16,17). The number of nitrogens with one attached hydrogen (secondary N) is 1. The van der Waals surface area contributed by atoms with Crippen LogP contribution in [0.15, 0.2) is 24.3 Å². The van der Waals surface area contributed by atoms with Crippen LogP contribution in [0.3, 0.4) is 0 Å². The fraction of sp³-hybridized carbons (Fsp3) is 0.417. The van der Waals surface area contributed by atoms with Crippen molar-refractivity contribution in [3.63, 3.8) is 0 Å². The molecule has 6 heteroatoms. The molecule has 0 aromatic heterocycles. The van der Waals surface area contributed by atoms with Gasteiger partial charge in [-0.25, -0.2) is 0 Å². The summed E-state index contributed by atoms with van der Waals surface area (Å²) in [6.07, 6.45) is -4.58. The molecule has 1 aromatic carbocycles. The molecule has 0 spiro atoms. The highest BCUT2D eigenvalue weighted by Crippen LogP contribution is 2.31. The van der Waals surface area contributed by atoms with Gasteiger partial charge in [-0.3, -0.25) is 4.79 Å². The molecule has 0 bridgehead atoms. The van der Waals surface area contributed by atoms with Crippen molar-refractivity contribution in [2.45, 2.75) is 25.6 Å². The molecule has 0 aliphatic rings. The number of hydrogen-bond acceptors (Lipinski definition) is 2. The first-order chi connectivity index (χ1) is 8.11.